The fourth-order valence-electron chi connectivity index (χ4n) is 2.32. The Kier molecular flexibility index (Phi) is 6.48. The average molecular weight is 311 g/mol. The monoisotopic (exact) mass is 311 g/mol. The van der Waals surface area contributed by atoms with Crippen LogP contribution >= 0.6 is 0 Å². The summed E-state index contributed by atoms with van der Waals surface area (Å²) in [6.07, 6.45) is 0. The molecule has 23 heavy (non-hydrogen) atoms. The van der Waals surface area contributed by atoms with Gasteiger partial charge in [0.2, 0.25) is 0 Å². The number of benzene rings is 2. The van der Waals surface area contributed by atoms with Crippen molar-refractivity contribution >= 4 is 5.96 Å². The third kappa shape index (κ3) is 5.02. The van der Waals surface area contributed by atoms with Crippen LogP contribution in [0, 0.1) is 0 Å². The van der Waals surface area contributed by atoms with Crippen molar-refractivity contribution in [2.75, 3.05) is 13.1 Å². The number of rotatable bonds is 7. The van der Waals surface area contributed by atoms with Crippen LogP contribution in [0.15, 0.2) is 59.6 Å². The lowest BCUT2D eigenvalue weighted by atomic mass is 10.2. The van der Waals surface area contributed by atoms with Crippen molar-refractivity contribution in [3.05, 3.63) is 65.7 Å². The predicted molar refractivity (Wildman–Crippen MR) is 95.5 cm³/mol. The quantitative estimate of drug-likeness (QED) is 0.629. The molecule has 0 unspecified atom stereocenters. The van der Waals surface area contributed by atoms with Crippen LogP contribution < -0.4 is 10.5 Å². The molecule has 0 fully saturated rings. The Morgan fingerprint density at radius 2 is 1.65 bits per heavy atom. The van der Waals surface area contributed by atoms with E-state index in [1.165, 1.54) is 0 Å². The van der Waals surface area contributed by atoms with E-state index in [0.29, 0.717) is 19.1 Å². The third-order valence-corrected chi connectivity index (χ3v) is 3.71. The van der Waals surface area contributed by atoms with E-state index < -0.39 is 0 Å². The summed E-state index contributed by atoms with van der Waals surface area (Å²) in [7, 11) is 0. The lowest BCUT2D eigenvalue weighted by Crippen LogP contribution is -2.37. The molecule has 4 nitrogen and oxygen atoms in total. The number of guanidine groups is 1. The molecule has 0 saturated carbocycles. The molecule has 0 aliphatic heterocycles. The third-order valence-electron chi connectivity index (χ3n) is 3.71. The molecule has 0 radical (unpaired) electrons. The average Bonchev–Trinajstić information content (AvgIpc) is 2.61. The topological polar surface area (TPSA) is 50.8 Å². The van der Waals surface area contributed by atoms with Crippen LogP contribution in [0.5, 0.6) is 5.75 Å². The highest BCUT2D eigenvalue weighted by Gasteiger charge is 2.05. The van der Waals surface area contributed by atoms with Crippen molar-refractivity contribution in [3.8, 4) is 5.75 Å². The lowest BCUT2D eigenvalue weighted by Gasteiger charge is -2.19. The number of ether oxygens (including phenoxy) is 1. The van der Waals surface area contributed by atoms with Gasteiger partial charge in [-0.25, -0.2) is 4.99 Å². The molecule has 0 aliphatic rings. The Balaban J connectivity index is 2.04. The van der Waals surface area contributed by atoms with Gasteiger partial charge in [0, 0.05) is 18.7 Å². The van der Waals surface area contributed by atoms with Gasteiger partial charge in [-0.2, -0.15) is 0 Å². The summed E-state index contributed by atoms with van der Waals surface area (Å²) in [5.41, 5.74) is 8.22. The number of hydrogen-bond acceptors (Lipinski definition) is 2. The minimum absolute atomic E-state index is 0.521. The van der Waals surface area contributed by atoms with Crippen LogP contribution in [-0.4, -0.2) is 23.9 Å². The molecule has 2 aromatic carbocycles. The van der Waals surface area contributed by atoms with E-state index in [4.69, 9.17) is 10.5 Å². The van der Waals surface area contributed by atoms with E-state index in [0.717, 1.165) is 30.0 Å². The first-order chi connectivity index (χ1) is 11.2. The maximum atomic E-state index is 6.04. The smallest absolute Gasteiger partial charge is 0.191 e. The van der Waals surface area contributed by atoms with Gasteiger partial charge in [0.05, 0.1) is 6.54 Å². The van der Waals surface area contributed by atoms with Crippen LogP contribution in [0.2, 0.25) is 0 Å². The number of nitrogens with zero attached hydrogens (tertiary/aromatic N) is 2. The SMILES string of the molecule is CCN(CC)C(N)=NCc1ccccc1OCc1ccccc1. The van der Waals surface area contributed by atoms with Gasteiger partial charge in [0.25, 0.3) is 0 Å². The van der Waals surface area contributed by atoms with E-state index in [2.05, 4.69) is 31.0 Å². The molecule has 122 valence electrons. The zero-order chi connectivity index (χ0) is 16.5. The number of para-hydroxylation sites is 1. The zero-order valence-corrected chi connectivity index (χ0v) is 13.9. The molecule has 2 N–H and O–H groups in total. The van der Waals surface area contributed by atoms with Gasteiger partial charge in [-0.1, -0.05) is 48.5 Å². The first kappa shape index (κ1) is 16.9. The van der Waals surface area contributed by atoms with E-state index in [1.54, 1.807) is 0 Å². The van der Waals surface area contributed by atoms with Crippen molar-refractivity contribution < 1.29 is 4.74 Å². The second kappa shape index (κ2) is 8.83. The number of aliphatic imine (C=N–C) groups is 1. The van der Waals surface area contributed by atoms with Crippen LogP contribution in [0.4, 0.5) is 0 Å². The van der Waals surface area contributed by atoms with Crippen molar-refractivity contribution in [1.29, 1.82) is 0 Å². The minimum atomic E-state index is 0.521. The van der Waals surface area contributed by atoms with Gasteiger partial charge in [0.1, 0.15) is 12.4 Å². The fourth-order valence-corrected chi connectivity index (χ4v) is 2.32. The molecule has 4 heteroatoms. The molecular weight excluding hydrogens is 286 g/mol. The predicted octanol–water partition coefficient (Wildman–Crippen LogP) is 3.42. The van der Waals surface area contributed by atoms with Crippen molar-refractivity contribution in [2.45, 2.75) is 27.0 Å². The number of nitrogens with two attached hydrogens (primary N) is 1. The summed E-state index contributed by atoms with van der Waals surface area (Å²) in [6, 6.07) is 18.1. The summed E-state index contributed by atoms with van der Waals surface area (Å²) in [5, 5.41) is 0. The van der Waals surface area contributed by atoms with Crippen LogP contribution in [0.3, 0.4) is 0 Å². The van der Waals surface area contributed by atoms with Gasteiger partial charge in [-0.05, 0) is 25.5 Å². The second-order valence-corrected chi connectivity index (χ2v) is 5.23. The standard InChI is InChI=1S/C19H25N3O/c1-3-22(4-2)19(20)21-14-17-12-8-9-13-18(17)23-15-16-10-6-5-7-11-16/h5-13H,3-4,14-15H2,1-2H3,(H2,20,21). The molecule has 0 saturated heterocycles. The minimum Gasteiger partial charge on any atom is -0.489 e. The molecule has 0 aromatic heterocycles. The highest BCUT2D eigenvalue weighted by atomic mass is 16.5. The zero-order valence-electron chi connectivity index (χ0n) is 13.9. The highest BCUT2D eigenvalue weighted by Crippen LogP contribution is 2.20. The highest BCUT2D eigenvalue weighted by molar-refractivity contribution is 5.78. The van der Waals surface area contributed by atoms with E-state index in [1.807, 2.05) is 47.4 Å². The molecular formula is C19H25N3O. The van der Waals surface area contributed by atoms with Gasteiger partial charge in [-0.15, -0.1) is 0 Å². The Morgan fingerprint density at radius 1 is 1.00 bits per heavy atom. The maximum absolute atomic E-state index is 6.04. The summed E-state index contributed by atoms with van der Waals surface area (Å²) >= 11 is 0. The molecule has 0 spiro atoms. The summed E-state index contributed by atoms with van der Waals surface area (Å²) in [5.74, 6) is 1.43. The Morgan fingerprint density at radius 3 is 2.35 bits per heavy atom. The van der Waals surface area contributed by atoms with Crippen molar-refractivity contribution in [1.82, 2.24) is 4.90 Å². The molecule has 2 rings (SSSR count). The molecule has 0 aliphatic carbocycles. The van der Waals surface area contributed by atoms with Crippen LogP contribution in [-0.2, 0) is 13.2 Å². The first-order valence-corrected chi connectivity index (χ1v) is 8.04. The van der Waals surface area contributed by atoms with Gasteiger partial charge in [0.15, 0.2) is 5.96 Å². The van der Waals surface area contributed by atoms with Gasteiger partial charge in [-0.3, -0.25) is 0 Å². The maximum Gasteiger partial charge on any atom is 0.191 e. The van der Waals surface area contributed by atoms with Gasteiger partial charge < -0.3 is 15.4 Å². The largest absolute Gasteiger partial charge is 0.489 e. The lowest BCUT2D eigenvalue weighted by molar-refractivity contribution is 0.303. The normalized spacial score (nSPS) is 11.3. The molecule has 0 bridgehead atoms. The van der Waals surface area contributed by atoms with Crippen molar-refractivity contribution in [2.24, 2.45) is 10.7 Å². The Labute approximate surface area is 138 Å². The summed E-state index contributed by atoms with van der Waals surface area (Å²) in [4.78, 5) is 6.53. The number of hydrogen-bond donors (Lipinski definition) is 1. The second-order valence-electron chi connectivity index (χ2n) is 5.23. The van der Waals surface area contributed by atoms with Crippen molar-refractivity contribution in [3.63, 3.8) is 0 Å². The van der Waals surface area contributed by atoms with Gasteiger partial charge >= 0.3 is 0 Å². The summed E-state index contributed by atoms with van der Waals surface area (Å²) in [6.45, 7) is 6.93. The van der Waals surface area contributed by atoms with Crippen LogP contribution in [0.25, 0.3) is 0 Å². The Bertz CT molecular complexity index is 622. The molecule has 2 aromatic rings. The Hall–Kier alpha value is -2.49. The molecule has 0 atom stereocenters. The molecule has 0 amide bonds. The summed E-state index contributed by atoms with van der Waals surface area (Å²) < 4.78 is 5.94. The van der Waals surface area contributed by atoms with E-state index >= 15 is 0 Å². The molecule has 0 heterocycles. The first-order valence-electron chi connectivity index (χ1n) is 8.04. The fraction of sp³-hybridized carbons (Fsp3) is 0.316. The van der Waals surface area contributed by atoms with E-state index in [9.17, 15) is 0 Å². The van der Waals surface area contributed by atoms with E-state index in [-0.39, 0.29) is 0 Å². The van der Waals surface area contributed by atoms with Crippen LogP contribution in [0.1, 0.15) is 25.0 Å².